The number of nitrogens with one attached hydrogen (secondary N) is 1. The predicted octanol–water partition coefficient (Wildman–Crippen LogP) is 1.73. The molecular formula is C12H20N2O3. The van der Waals surface area contributed by atoms with Gasteiger partial charge in [-0.25, -0.2) is 0 Å². The van der Waals surface area contributed by atoms with Gasteiger partial charge in [-0.05, 0) is 25.8 Å². The summed E-state index contributed by atoms with van der Waals surface area (Å²) in [5, 5.41) is 3.26. The molecule has 1 aromatic rings. The molecule has 1 aliphatic rings. The molecule has 1 aliphatic heterocycles. The minimum atomic E-state index is 0.198. The van der Waals surface area contributed by atoms with Crippen molar-refractivity contribution in [2.45, 2.75) is 38.8 Å². The molecule has 0 bridgehead atoms. The molecule has 96 valence electrons. The van der Waals surface area contributed by atoms with Gasteiger partial charge in [-0.1, -0.05) is 6.92 Å². The Hall–Kier alpha value is -1.07. The Labute approximate surface area is 102 Å². The lowest BCUT2D eigenvalue weighted by molar-refractivity contribution is 0.0565. The predicted molar refractivity (Wildman–Crippen MR) is 63.0 cm³/mol. The standard InChI is InChI=1S/C12H20N2O3/c1-2-5-13-7-10-8-16-12(14-10)17-9-11-4-3-6-15-11/h8,11,13H,2-7,9H2,1H3. The zero-order valence-electron chi connectivity index (χ0n) is 10.3. The zero-order chi connectivity index (χ0) is 11.9. The van der Waals surface area contributed by atoms with Gasteiger partial charge in [0.2, 0.25) is 0 Å². The van der Waals surface area contributed by atoms with Crippen LogP contribution in [0.4, 0.5) is 0 Å². The first-order valence-electron chi connectivity index (χ1n) is 6.28. The Kier molecular flexibility index (Phi) is 4.82. The van der Waals surface area contributed by atoms with Crippen LogP contribution in [0.1, 0.15) is 31.9 Å². The van der Waals surface area contributed by atoms with Gasteiger partial charge >= 0.3 is 6.08 Å². The normalized spacial score (nSPS) is 19.7. The van der Waals surface area contributed by atoms with E-state index in [1.165, 1.54) is 0 Å². The molecule has 5 nitrogen and oxygen atoms in total. The Bertz CT molecular complexity index is 321. The van der Waals surface area contributed by atoms with Crippen molar-refractivity contribution in [3.05, 3.63) is 12.0 Å². The molecular weight excluding hydrogens is 220 g/mol. The first-order chi connectivity index (χ1) is 8.38. The summed E-state index contributed by atoms with van der Waals surface area (Å²) in [5.74, 6) is 0. The van der Waals surface area contributed by atoms with Crippen LogP contribution in [-0.2, 0) is 11.3 Å². The van der Waals surface area contributed by atoms with Gasteiger partial charge < -0.3 is 19.2 Å². The van der Waals surface area contributed by atoms with Gasteiger partial charge in [-0.3, -0.25) is 0 Å². The monoisotopic (exact) mass is 240 g/mol. The van der Waals surface area contributed by atoms with Crippen molar-refractivity contribution >= 4 is 0 Å². The number of nitrogens with zero attached hydrogens (tertiary/aromatic N) is 1. The quantitative estimate of drug-likeness (QED) is 0.736. The molecule has 0 aromatic carbocycles. The summed E-state index contributed by atoms with van der Waals surface area (Å²) in [6.07, 6.45) is 5.46. The molecule has 0 spiro atoms. The smallest absolute Gasteiger partial charge is 0.393 e. The highest BCUT2D eigenvalue weighted by molar-refractivity contribution is 4.99. The summed E-state index contributed by atoms with van der Waals surface area (Å²) in [6.45, 7) is 5.21. The fraction of sp³-hybridized carbons (Fsp3) is 0.750. The van der Waals surface area contributed by atoms with Gasteiger partial charge in [0.05, 0.1) is 11.8 Å². The van der Waals surface area contributed by atoms with Crippen molar-refractivity contribution in [3.8, 4) is 6.08 Å². The fourth-order valence-corrected chi connectivity index (χ4v) is 1.77. The summed E-state index contributed by atoms with van der Waals surface area (Å²) in [7, 11) is 0. The molecule has 0 saturated carbocycles. The lowest BCUT2D eigenvalue weighted by Crippen LogP contribution is -2.16. The van der Waals surface area contributed by atoms with Crippen LogP contribution in [-0.4, -0.2) is 30.8 Å². The van der Waals surface area contributed by atoms with Crippen LogP contribution in [0.2, 0.25) is 0 Å². The highest BCUT2D eigenvalue weighted by atomic mass is 16.6. The molecule has 2 rings (SSSR count). The number of ether oxygens (including phenoxy) is 2. The van der Waals surface area contributed by atoms with E-state index >= 15 is 0 Å². The molecule has 1 atom stereocenters. The molecule has 1 aromatic heterocycles. The third-order valence-electron chi connectivity index (χ3n) is 2.68. The summed E-state index contributed by atoms with van der Waals surface area (Å²) < 4.78 is 16.1. The largest absolute Gasteiger partial charge is 0.447 e. The second-order valence-electron chi connectivity index (χ2n) is 4.23. The Morgan fingerprint density at radius 2 is 2.53 bits per heavy atom. The van der Waals surface area contributed by atoms with Gasteiger partial charge in [0.1, 0.15) is 12.9 Å². The summed E-state index contributed by atoms with van der Waals surface area (Å²) in [4.78, 5) is 4.24. The van der Waals surface area contributed by atoms with Crippen LogP contribution in [0.5, 0.6) is 6.08 Å². The molecule has 1 unspecified atom stereocenters. The minimum absolute atomic E-state index is 0.198. The molecule has 1 N–H and O–H groups in total. The second-order valence-corrected chi connectivity index (χ2v) is 4.23. The summed E-state index contributed by atoms with van der Waals surface area (Å²) in [6, 6.07) is 0. The van der Waals surface area contributed by atoms with Crippen LogP contribution >= 0.6 is 0 Å². The Morgan fingerprint density at radius 3 is 3.29 bits per heavy atom. The molecule has 1 saturated heterocycles. The molecule has 17 heavy (non-hydrogen) atoms. The Morgan fingerprint density at radius 1 is 1.59 bits per heavy atom. The van der Waals surface area contributed by atoms with E-state index in [1.807, 2.05) is 0 Å². The maximum Gasteiger partial charge on any atom is 0.393 e. The summed E-state index contributed by atoms with van der Waals surface area (Å²) in [5.41, 5.74) is 0.876. The minimum Gasteiger partial charge on any atom is -0.447 e. The maximum absolute atomic E-state index is 5.45. The molecule has 2 heterocycles. The van der Waals surface area contributed by atoms with Crippen molar-refractivity contribution < 1.29 is 13.9 Å². The van der Waals surface area contributed by atoms with E-state index in [2.05, 4.69) is 17.2 Å². The van der Waals surface area contributed by atoms with Crippen LogP contribution in [0.3, 0.4) is 0 Å². The van der Waals surface area contributed by atoms with Crippen molar-refractivity contribution in [3.63, 3.8) is 0 Å². The molecule has 1 fully saturated rings. The zero-order valence-corrected chi connectivity index (χ0v) is 10.3. The lowest BCUT2D eigenvalue weighted by atomic mass is 10.2. The third-order valence-corrected chi connectivity index (χ3v) is 2.68. The average Bonchev–Trinajstić information content (AvgIpc) is 2.98. The van der Waals surface area contributed by atoms with Crippen LogP contribution in [0, 0.1) is 0 Å². The van der Waals surface area contributed by atoms with Gasteiger partial charge in [0.25, 0.3) is 0 Å². The summed E-state index contributed by atoms with van der Waals surface area (Å²) >= 11 is 0. The van der Waals surface area contributed by atoms with Crippen molar-refractivity contribution in [2.75, 3.05) is 19.8 Å². The van der Waals surface area contributed by atoms with E-state index in [9.17, 15) is 0 Å². The van der Waals surface area contributed by atoms with Crippen molar-refractivity contribution in [2.24, 2.45) is 0 Å². The first-order valence-corrected chi connectivity index (χ1v) is 6.28. The number of hydrogen-bond donors (Lipinski definition) is 1. The van der Waals surface area contributed by atoms with E-state index in [0.29, 0.717) is 12.7 Å². The second kappa shape index (κ2) is 6.61. The van der Waals surface area contributed by atoms with Crippen LogP contribution < -0.4 is 10.1 Å². The highest BCUT2D eigenvalue weighted by Crippen LogP contribution is 2.15. The van der Waals surface area contributed by atoms with Gasteiger partial charge in [-0.15, -0.1) is 0 Å². The van der Waals surface area contributed by atoms with Crippen molar-refractivity contribution in [1.29, 1.82) is 0 Å². The van der Waals surface area contributed by atoms with Crippen molar-refractivity contribution in [1.82, 2.24) is 10.3 Å². The highest BCUT2D eigenvalue weighted by Gasteiger charge is 2.17. The van der Waals surface area contributed by atoms with E-state index in [-0.39, 0.29) is 6.10 Å². The van der Waals surface area contributed by atoms with Gasteiger partial charge in [0, 0.05) is 13.2 Å². The lowest BCUT2D eigenvalue weighted by Gasteiger charge is -2.07. The topological polar surface area (TPSA) is 56.5 Å². The van der Waals surface area contributed by atoms with E-state index in [4.69, 9.17) is 13.9 Å². The molecule has 0 aliphatic carbocycles. The molecule has 0 amide bonds. The third kappa shape index (κ3) is 4.02. The Balaban J connectivity index is 1.69. The van der Waals surface area contributed by atoms with E-state index < -0.39 is 0 Å². The number of hydrogen-bond acceptors (Lipinski definition) is 5. The van der Waals surface area contributed by atoms with Gasteiger partial charge in [-0.2, -0.15) is 4.98 Å². The average molecular weight is 240 g/mol. The van der Waals surface area contributed by atoms with Gasteiger partial charge in [0.15, 0.2) is 0 Å². The van der Waals surface area contributed by atoms with E-state index in [1.54, 1.807) is 6.26 Å². The van der Waals surface area contributed by atoms with E-state index in [0.717, 1.165) is 44.7 Å². The molecule has 5 heteroatoms. The number of aromatic nitrogens is 1. The molecule has 0 radical (unpaired) electrons. The van der Waals surface area contributed by atoms with Crippen LogP contribution in [0.25, 0.3) is 0 Å². The number of oxazole rings is 1. The first kappa shape index (κ1) is 12.4. The number of rotatable bonds is 7. The van der Waals surface area contributed by atoms with Crippen LogP contribution in [0.15, 0.2) is 10.7 Å². The fourth-order valence-electron chi connectivity index (χ4n) is 1.77. The SMILES string of the molecule is CCCNCc1coc(OCC2CCCO2)n1. The maximum atomic E-state index is 5.45.